The Morgan fingerprint density at radius 2 is 1.79 bits per heavy atom. The summed E-state index contributed by atoms with van der Waals surface area (Å²) in [6, 6.07) is 7.93. The number of nitrogens with zero attached hydrogens (tertiary/aromatic N) is 3. The van der Waals surface area contributed by atoms with Gasteiger partial charge in [-0.3, -0.25) is 14.5 Å². The van der Waals surface area contributed by atoms with Crippen molar-refractivity contribution in [3.63, 3.8) is 0 Å². The first-order valence-electron chi connectivity index (χ1n) is 12.0. The van der Waals surface area contributed by atoms with Crippen molar-refractivity contribution < 1.29 is 24.3 Å². The first kappa shape index (κ1) is 22.8. The van der Waals surface area contributed by atoms with Crippen LogP contribution in [0, 0.1) is 22.7 Å². The Bertz CT molecular complexity index is 1110. The van der Waals surface area contributed by atoms with Gasteiger partial charge in [-0.05, 0) is 48.5 Å². The Labute approximate surface area is 198 Å². The molecule has 2 heterocycles. The number of carbonyl (C=O) groups is 2. The third-order valence-corrected chi connectivity index (χ3v) is 8.55. The summed E-state index contributed by atoms with van der Waals surface area (Å²) in [6.45, 7) is 6.22. The molecule has 0 radical (unpaired) electrons. The van der Waals surface area contributed by atoms with Crippen LogP contribution in [0.1, 0.15) is 51.0 Å². The van der Waals surface area contributed by atoms with Crippen molar-refractivity contribution in [2.45, 2.75) is 52.5 Å². The van der Waals surface area contributed by atoms with Crippen LogP contribution in [0.4, 0.5) is 0 Å². The number of hydrogen-bond donors (Lipinski definition) is 2. The van der Waals surface area contributed by atoms with E-state index in [0.29, 0.717) is 42.7 Å². The third-order valence-electron chi connectivity index (χ3n) is 8.55. The highest BCUT2D eigenvalue weighted by Gasteiger charge is 2.51. The van der Waals surface area contributed by atoms with Crippen molar-refractivity contribution in [3.05, 3.63) is 47.4 Å². The second-order valence-corrected chi connectivity index (χ2v) is 10.7. The maximum atomic E-state index is 11.5. The SMILES string of the molecule is CC1(C)[C@H]2CC=C(Cc3nc(-c4ccc(CN5CCC(C(=O)O)(C(=O)O)CC5)cc4)no3)[C@@H]1C2. The average Bonchev–Trinajstić information content (AvgIpc) is 3.28. The zero-order chi connectivity index (χ0) is 24.1. The van der Waals surface area contributed by atoms with Crippen molar-refractivity contribution in [2.24, 2.45) is 22.7 Å². The molecule has 6 rings (SSSR count). The minimum Gasteiger partial charge on any atom is -0.480 e. The molecule has 1 aliphatic heterocycles. The highest BCUT2D eigenvalue weighted by Crippen LogP contribution is 2.59. The van der Waals surface area contributed by atoms with E-state index >= 15 is 0 Å². The van der Waals surface area contributed by atoms with Crippen LogP contribution in [0.15, 0.2) is 40.4 Å². The van der Waals surface area contributed by atoms with E-state index in [4.69, 9.17) is 4.52 Å². The normalized spacial score (nSPS) is 25.3. The molecule has 1 saturated heterocycles. The molecule has 1 aromatic heterocycles. The number of allylic oxidation sites excluding steroid dienone is 2. The predicted octanol–water partition coefficient (Wildman–Crippen LogP) is 4.02. The van der Waals surface area contributed by atoms with Gasteiger partial charge in [0.1, 0.15) is 0 Å². The number of piperidine rings is 1. The summed E-state index contributed by atoms with van der Waals surface area (Å²) in [4.78, 5) is 29.7. The second-order valence-electron chi connectivity index (χ2n) is 10.7. The molecule has 2 atom stereocenters. The van der Waals surface area contributed by atoms with Crippen LogP contribution in [0.3, 0.4) is 0 Å². The number of carboxylic acid groups (broad SMARTS) is 2. The summed E-state index contributed by atoms with van der Waals surface area (Å²) >= 11 is 0. The van der Waals surface area contributed by atoms with E-state index in [1.54, 1.807) is 0 Å². The maximum Gasteiger partial charge on any atom is 0.321 e. The summed E-state index contributed by atoms with van der Waals surface area (Å²) in [5.74, 6) is 0.161. The van der Waals surface area contributed by atoms with Gasteiger partial charge >= 0.3 is 11.9 Å². The molecule has 2 aromatic rings. The topological polar surface area (TPSA) is 117 Å². The van der Waals surface area contributed by atoms with Crippen LogP contribution in [-0.2, 0) is 22.6 Å². The first-order valence-corrected chi connectivity index (χ1v) is 12.0. The zero-order valence-corrected chi connectivity index (χ0v) is 19.7. The molecular formula is C26H31N3O5. The fraction of sp³-hybridized carbons (Fsp3) is 0.538. The van der Waals surface area contributed by atoms with Crippen LogP contribution in [-0.4, -0.2) is 50.3 Å². The molecule has 2 fully saturated rings. The number of hydrogen-bond acceptors (Lipinski definition) is 6. The summed E-state index contributed by atoms with van der Waals surface area (Å²) in [5.41, 5.74) is 2.09. The molecule has 34 heavy (non-hydrogen) atoms. The largest absolute Gasteiger partial charge is 0.480 e. The molecule has 8 nitrogen and oxygen atoms in total. The van der Waals surface area contributed by atoms with E-state index in [-0.39, 0.29) is 12.8 Å². The Morgan fingerprint density at radius 3 is 2.38 bits per heavy atom. The van der Waals surface area contributed by atoms with Crippen molar-refractivity contribution in [1.82, 2.24) is 15.0 Å². The van der Waals surface area contributed by atoms with Gasteiger partial charge in [-0.15, -0.1) is 0 Å². The van der Waals surface area contributed by atoms with Crippen LogP contribution in [0.2, 0.25) is 0 Å². The van der Waals surface area contributed by atoms with Gasteiger partial charge in [0.2, 0.25) is 11.7 Å². The number of carboxylic acids is 2. The molecule has 0 unspecified atom stereocenters. The van der Waals surface area contributed by atoms with Gasteiger partial charge < -0.3 is 14.7 Å². The minimum absolute atomic E-state index is 0.108. The lowest BCUT2D eigenvalue weighted by Crippen LogP contribution is -2.48. The Balaban J connectivity index is 1.19. The van der Waals surface area contributed by atoms with Crippen molar-refractivity contribution in [3.8, 4) is 11.4 Å². The van der Waals surface area contributed by atoms with Crippen molar-refractivity contribution in [2.75, 3.05) is 13.1 Å². The van der Waals surface area contributed by atoms with Gasteiger partial charge in [0.25, 0.3) is 0 Å². The molecule has 8 heteroatoms. The molecular weight excluding hydrogens is 434 g/mol. The number of aromatic nitrogens is 2. The lowest BCUT2D eigenvalue weighted by molar-refractivity contribution is -0.168. The van der Waals surface area contributed by atoms with Gasteiger partial charge in [0.15, 0.2) is 5.41 Å². The van der Waals surface area contributed by atoms with Gasteiger partial charge in [0.05, 0.1) is 0 Å². The number of benzene rings is 1. The molecule has 180 valence electrons. The van der Waals surface area contributed by atoms with E-state index in [0.717, 1.165) is 29.9 Å². The lowest BCUT2D eigenvalue weighted by atomic mass is 9.48. The van der Waals surface area contributed by atoms with Gasteiger partial charge in [-0.2, -0.15) is 4.98 Å². The maximum absolute atomic E-state index is 11.5. The highest BCUT2D eigenvalue weighted by atomic mass is 16.5. The van der Waals surface area contributed by atoms with Gasteiger partial charge in [-0.25, -0.2) is 0 Å². The van der Waals surface area contributed by atoms with E-state index in [2.05, 4.69) is 35.0 Å². The number of aliphatic carboxylic acids is 2. The Kier molecular flexibility index (Phi) is 5.59. The molecule has 1 saturated carbocycles. The Morgan fingerprint density at radius 1 is 1.12 bits per heavy atom. The van der Waals surface area contributed by atoms with Crippen LogP contribution in [0.5, 0.6) is 0 Å². The molecule has 0 amide bonds. The molecule has 2 N–H and O–H groups in total. The lowest BCUT2D eigenvalue weighted by Gasteiger charge is -2.56. The molecule has 3 aliphatic carbocycles. The second kappa shape index (κ2) is 8.34. The fourth-order valence-corrected chi connectivity index (χ4v) is 5.92. The Hall–Kier alpha value is -3.00. The first-order chi connectivity index (χ1) is 16.2. The van der Waals surface area contributed by atoms with E-state index < -0.39 is 17.4 Å². The monoisotopic (exact) mass is 465 g/mol. The zero-order valence-electron chi connectivity index (χ0n) is 19.7. The van der Waals surface area contributed by atoms with Crippen molar-refractivity contribution >= 4 is 11.9 Å². The summed E-state index contributed by atoms with van der Waals surface area (Å²) in [5, 5.41) is 23.0. The minimum atomic E-state index is -1.67. The number of likely N-dealkylation sites (tertiary alicyclic amines) is 1. The quantitative estimate of drug-likeness (QED) is 0.465. The average molecular weight is 466 g/mol. The standard InChI is InChI=1S/C26H31N3O5/c1-25(2)19-8-7-18(20(25)14-19)13-21-27-22(28-34-21)17-5-3-16(4-6-17)15-29-11-9-26(10-12-29,23(30)31)24(32)33/h3-7,19-20H,8-15H2,1-2H3,(H,30,31)(H,32,33)/t19-,20-/m0/s1. The van der Waals surface area contributed by atoms with Crippen molar-refractivity contribution in [1.29, 1.82) is 0 Å². The highest BCUT2D eigenvalue weighted by molar-refractivity contribution is 5.98. The summed E-state index contributed by atoms with van der Waals surface area (Å²) in [6.07, 6.45) is 5.71. The number of fused-ring (bicyclic) bond motifs is 1. The summed E-state index contributed by atoms with van der Waals surface area (Å²) in [7, 11) is 0. The molecule has 4 aliphatic rings. The van der Waals surface area contributed by atoms with Crippen LogP contribution in [0.25, 0.3) is 11.4 Å². The third kappa shape index (κ3) is 3.83. The number of rotatable bonds is 7. The predicted molar refractivity (Wildman–Crippen MR) is 124 cm³/mol. The van der Waals surface area contributed by atoms with Crippen LogP contribution < -0.4 is 0 Å². The molecule has 2 bridgehead atoms. The van der Waals surface area contributed by atoms with Gasteiger partial charge in [-0.1, -0.05) is 54.9 Å². The fourth-order valence-electron chi connectivity index (χ4n) is 5.92. The van der Waals surface area contributed by atoms with Gasteiger partial charge in [0, 0.05) is 31.6 Å². The summed E-state index contributed by atoms with van der Waals surface area (Å²) < 4.78 is 5.56. The van der Waals surface area contributed by atoms with Crippen LogP contribution >= 0.6 is 0 Å². The van der Waals surface area contributed by atoms with E-state index in [1.807, 2.05) is 24.3 Å². The molecule has 0 spiro atoms. The van der Waals surface area contributed by atoms with E-state index in [9.17, 15) is 19.8 Å². The van der Waals surface area contributed by atoms with E-state index in [1.165, 1.54) is 12.0 Å². The smallest absolute Gasteiger partial charge is 0.321 e. The molecule has 1 aromatic carbocycles.